The van der Waals surface area contributed by atoms with Crippen LogP contribution in [0.3, 0.4) is 0 Å². The maximum atomic E-state index is 12.1. The molecular formula is C16H17BrN6OS. The van der Waals surface area contributed by atoms with Crippen LogP contribution < -0.4 is 10.9 Å². The molecule has 0 bridgehead atoms. The van der Waals surface area contributed by atoms with Gasteiger partial charge in [0.2, 0.25) is 5.95 Å². The molecule has 0 aliphatic carbocycles. The number of thioether (sulfide) groups is 1. The number of rotatable bonds is 8. The first-order valence-corrected chi connectivity index (χ1v) is 9.63. The summed E-state index contributed by atoms with van der Waals surface area (Å²) in [5.41, 5.74) is 2.47. The molecule has 3 N–H and O–H groups in total. The van der Waals surface area contributed by atoms with E-state index in [0.717, 1.165) is 27.4 Å². The average Bonchev–Trinajstić information content (AvgIpc) is 3.03. The molecule has 9 heteroatoms. The molecule has 0 amide bonds. The van der Waals surface area contributed by atoms with Crippen LogP contribution in [0.4, 0.5) is 5.95 Å². The summed E-state index contributed by atoms with van der Waals surface area (Å²) in [5.74, 6) is 2.18. The average molecular weight is 421 g/mol. The number of anilines is 1. The molecule has 0 fully saturated rings. The Morgan fingerprint density at radius 3 is 2.92 bits per heavy atom. The van der Waals surface area contributed by atoms with Gasteiger partial charge in [0.25, 0.3) is 5.56 Å². The Balaban J connectivity index is 1.46. The van der Waals surface area contributed by atoms with E-state index in [1.54, 1.807) is 36.7 Å². The Kier molecular flexibility index (Phi) is 6.24. The summed E-state index contributed by atoms with van der Waals surface area (Å²) in [6.07, 6.45) is 7.26. The molecule has 0 aliphatic rings. The molecule has 130 valence electrons. The van der Waals surface area contributed by atoms with Crippen molar-refractivity contribution in [1.29, 1.82) is 0 Å². The van der Waals surface area contributed by atoms with Crippen molar-refractivity contribution < 1.29 is 0 Å². The number of nitrogens with one attached hydrogen (secondary N) is 3. The second-order valence-corrected chi connectivity index (χ2v) is 7.16. The van der Waals surface area contributed by atoms with Gasteiger partial charge in [0.05, 0.1) is 12.0 Å². The van der Waals surface area contributed by atoms with Gasteiger partial charge in [-0.3, -0.25) is 14.8 Å². The third-order valence-corrected chi connectivity index (χ3v) is 5.09. The number of pyridine rings is 1. The molecule has 3 heterocycles. The van der Waals surface area contributed by atoms with E-state index in [-0.39, 0.29) is 5.56 Å². The van der Waals surface area contributed by atoms with Crippen molar-refractivity contribution in [3.8, 4) is 0 Å². The molecule has 0 spiro atoms. The number of hydrogen-bond donors (Lipinski definition) is 3. The zero-order chi connectivity index (χ0) is 17.5. The minimum absolute atomic E-state index is 0.130. The zero-order valence-corrected chi connectivity index (χ0v) is 15.7. The maximum absolute atomic E-state index is 12.1. The lowest BCUT2D eigenvalue weighted by atomic mass is 10.1. The third-order valence-electron chi connectivity index (χ3n) is 3.43. The Morgan fingerprint density at radius 2 is 2.20 bits per heavy atom. The summed E-state index contributed by atoms with van der Waals surface area (Å²) in [4.78, 5) is 30.5. The van der Waals surface area contributed by atoms with E-state index in [1.807, 2.05) is 12.1 Å². The van der Waals surface area contributed by atoms with Crippen LogP contribution in [0.15, 0.2) is 46.4 Å². The first-order valence-electron chi connectivity index (χ1n) is 7.69. The van der Waals surface area contributed by atoms with Crippen LogP contribution in [0.5, 0.6) is 0 Å². The van der Waals surface area contributed by atoms with Crippen LogP contribution >= 0.6 is 27.7 Å². The predicted octanol–water partition coefficient (Wildman–Crippen LogP) is 2.59. The molecule has 0 aliphatic heterocycles. The molecule has 0 radical (unpaired) electrons. The quantitative estimate of drug-likeness (QED) is 0.484. The molecule has 7 nitrogen and oxygen atoms in total. The minimum atomic E-state index is -0.130. The highest BCUT2D eigenvalue weighted by molar-refractivity contribution is 9.10. The lowest BCUT2D eigenvalue weighted by Crippen LogP contribution is -2.18. The second-order valence-electron chi connectivity index (χ2n) is 5.27. The second kappa shape index (κ2) is 8.82. The summed E-state index contributed by atoms with van der Waals surface area (Å²) in [7, 11) is 0. The van der Waals surface area contributed by atoms with E-state index in [4.69, 9.17) is 0 Å². The lowest BCUT2D eigenvalue weighted by Gasteiger charge is -2.06. The van der Waals surface area contributed by atoms with E-state index in [1.165, 1.54) is 0 Å². The molecule has 0 atom stereocenters. The molecule has 3 aromatic heterocycles. The monoisotopic (exact) mass is 420 g/mol. The van der Waals surface area contributed by atoms with Crippen LogP contribution in [0.25, 0.3) is 0 Å². The van der Waals surface area contributed by atoms with Gasteiger partial charge in [-0.25, -0.2) is 9.97 Å². The fourth-order valence-corrected chi connectivity index (χ4v) is 3.51. The number of imidazole rings is 1. The summed E-state index contributed by atoms with van der Waals surface area (Å²) >= 11 is 5.16. The van der Waals surface area contributed by atoms with Gasteiger partial charge in [0.15, 0.2) is 0 Å². The van der Waals surface area contributed by atoms with Gasteiger partial charge < -0.3 is 10.3 Å². The lowest BCUT2D eigenvalue weighted by molar-refractivity contribution is 1.00. The minimum Gasteiger partial charge on any atom is -0.355 e. The summed E-state index contributed by atoms with van der Waals surface area (Å²) in [6.45, 7) is 0.706. The highest BCUT2D eigenvalue weighted by atomic mass is 79.9. The normalized spacial score (nSPS) is 10.8. The Bertz CT molecular complexity index is 866. The SMILES string of the molecule is O=c1[nH]c(NCCSCc2nc[nH]c2Br)ncc1Cc1cccnc1. The van der Waals surface area contributed by atoms with E-state index < -0.39 is 0 Å². The van der Waals surface area contributed by atoms with Crippen molar-refractivity contribution in [1.82, 2.24) is 24.9 Å². The summed E-state index contributed by atoms with van der Waals surface area (Å²) in [5, 5.41) is 3.13. The van der Waals surface area contributed by atoms with Crippen molar-refractivity contribution in [2.45, 2.75) is 12.2 Å². The zero-order valence-electron chi connectivity index (χ0n) is 13.3. The van der Waals surface area contributed by atoms with E-state index in [9.17, 15) is 4.79 Å². The highest BCUT2D eigenvalue weighted by Gasteiger charge is 2.05. The molecule has 0 saturated heterocycles. The molecule has 0 aromatic carbocycles. The van der Waals surface area contributed by atoms with Crippen LogP contribution in [0.1, 0.15) is 16.8 Å². The first-order chi connectivity index (χ1) is 12.2. The van der Waals surface area contributed by atoms with Gasteiger partial charge in [-0.15, -0.1) is 0 Å². The fraction of sp³-hybridized carbons (Fsp3) is 0.250. The van der Waals surface area contributed by atoms with Gasteiger partial charge in [-0.2, -0.15) is 11.8 Å². The van der Waals surface area contributed by atoms with Crippen LogP contribution in [-0.2, 0) is 12.2 Å². The molecular weight excluding hydrogens is 404 g/mol. The fourth-order valence-electron chi connectivity index (χ4n) is 2.18. The Labute approximate surface area is 157 Å². The van der Waals surface area contributed by atoms with Crippen molar-refractivity contribution >= 4 is 33.6 Å². The van der Waals surface area contributed by atoms with E-state index in [2.05, 4.69) is 46.2 Å². The number of H-pyrrole nitrogens is 2. The molecule has 25 heavy (non-hydrogen) atoms. The standard InChI is InChI=1S/C16H17BrN6OS/c17-14-13(21-10-22-14)9-25-5-4-19-16-20-8-12(15(24)23-16)6-11-2-1-3-18-7-11/h1-3,7-8,10H,4-6,9H2,(H,21,22)(H2,19,20,23,24). The van der Waals surface area contributed by atoms with Crippen molar-refractivity contribution in [2.75, 3.05) is 17.6 Å². The Hall–Kier alpha value is -2.13. The van der Waals surface area contributed by atoms with Crippen molar-refractivity contribution in [3.63, 3.8) is 0 Å². The maximum Gasteiger partial charge on any atom is 0.255 e. The summed E-state index contributed by atoms with van der Waals surface area (Å²) in [6, 6.07) is 3.79. The molecule has 0 saturated carbocycles. The molecule has 3 rings (SSSR count). The number of nitrogens with zero attached hydrogens (tertiary/aromatic N) is 3. The van der Waals surface area contributed by atoms with Crippen LogP contribution in [0, 0.1) is 0 Å². The Morgan fingerprint density at radius 1 is 1.28 bits per heavy atom. The van der Waals surface area contributed by atoms with Gasteiger partial charge in [0, 0.05) is 48.6 Å². The largest absolute Gasteiger partial charge is 0.355 e. The van der Waals surface area contributed by atoms with E-state index >= 15 is 0 Å². The van der Waals surface area contributed by atoms with Gasteiger partial charge in [-0.1, -0.05) is 6.07 Å². The van der Waals surface area contributed by atoms with Gasteiger partial charge in [0.1, 0.15) is 4.60 Å². The van der Waals surface area contributed by atoms with Gasteiger partial charge >= 0.3 is 0 Å². The third kappa shape index (κ3) is 5.17. The van der Waals surface area contributed by atoms with Crippen molar-refractivity contribution in [3.05, 3.63) is 68.8 Å². The van der Waals surface area contributed by atoms with Crippen LogP contribution in [-0.4, -0.2) is 37.2 Å². The smallest absolute Gasteiger partial charge is 0.255 e. The number of hydrogen-bond acceptors (Lipinski definition) is 6. The van der Waals surface area contributed by atoms with Crippen LogP contribution in [0.2, 0.25) is 0 Å². The summed E-state index contributed by atoms with van der Waals surface area (Å²) < 4.78 is 0.920. The number of aromatic amines is 2. The van der Waals surface area contributed by atoms with Gasteiger partial charge in [-0.05, 0) is 27.6 Å². The predicted molar refractivity (Wildman–Crippen MR) is 103 cm³/mol. The molecule has 3 aromatic rings. The number of aromatic nitrogens is 5. The number of halogens is 1. The highest BCUT2D eigenvalue weighted by Crippen LogP contribution is 2.17. The van der Waals surface area contributed by atoms with E-state index in [0.29, 0.717) is 24.5 Å². The first kappa shape index (κ1) is 17.7. The van der Waals surface area contributed by atoms with Crippen molar-refractivity contribution in [2.24, 2.45) is 0 Å². The topological polar surface area (TPSA) is 99.3 Å². The molecule has 0 unspecified atom stereocenters.